The molecule has 1 atom stereocenters. The van der Waals surface area contributed by atoms with Crippen molar-refractivity contribution < 1.29 is 4.74 Å². The summed E-state index contributed by atoms with van der Waals surface area (Å²) in [5, 5.41) is 6.77. The largest absolute Gasteiger partial charge is 0.488 e. The Morgan fingerprint density at radius 3 is 2.77 bits per heavy atom. The molecule has 0 amide bonds. The first-order valence-corrected chi connectivity index (χ1v) is 9.96. The minimum absolute atomic E-state index is 0. The average molecular weight is 517 g/mol. The lowest BCUT2D eigenvalue weighted by Crippen LogP contribution is -2.41. The molecule has 2 N–H and O–H groups in total. The lowest BCUT2D eigenvalue weighted by molar-refractivity contribution is 0.235. The summed E-state index contributed by atoms with van der Waals surface area (Å²) in [7, 11) is 1.79. The highest BCUT2D eigenvalue weighted by molar-refractivity contribution is 14.0. The van der Waals surface area contributed by atoms with Gasteiger partial charge in [0.15, 0.2) is 5.96 Å². The van der Waals surface area contributed by atoms with E-state index >= 15 is 0 Å². The molecule has 0 aliphatic carbocycles. The van der Waals surface area contributed by atoms with Gasteiger partial charge in [0.25, 0.3) is 0 Å². The van der Waals surface area contributed by atoms with Gasteiger partial charge in [0.05, 0.1) is 6.54 Å². The molecular weight excluding hydrogens is 489 g/mol. The van der Waals surface area contributed by atoms with Crippen molar-refractivity contribution in [3.05, 3.63) is 83.4 Å². The number of imidazole rings is 1. The summed E-state index contributed by atoms with van der Waals surface area (Å²) in [4.78, 5) is 8.62. The fraction of sp³-hybridized carbons (Fsp3) is 0.304. The molecule has 30 heavy (non-hydrogen) atoms. The van der Waals surface area contributed by atoms with E-state index in [1.807, 2.05) is 31.5 Å². The van der Waals surface area contributed by atoms with Crippen molar-refractivity contribution in [2.45, 2.75) is 32.5 Å². The van der Waals surface area contributed by atoms with Crippen LogP contribution in [0.3, 0.4) is 0 Å². The second kappa shape index (κ2) is 10.5. The van der Waals surface area contributed by atoms with Crippen molar-refractivity contribution in [3.63, 3.8) is 0 Å². The molecule has 2 aromatic carbocycles. The summed E-state index contributed by atoms with van der Waals surface area (Å²) < 4.78 is 8.13. The summed E-state index contributed by atoms with van der Waals surface area (Å²) >= 11 is 0. The summed E-state index contributed by atoms with van der Waals surface area (Å²) in [6.07, 6.45) is 4.90. The van der Waals surface area contributed by atoms with Gasteiger partial charge in [-0.05, 0) is 29.7 Å². The molecule has 6 nitrogen and oxygen atoms in total. The van der Waals surface area contributed by atoms with E-state index in [0.29, 0.717) is 13.1 Å². The van der Waals surface area contributed by atoms with Gasteiger partial charge in [-0.15, -0.1) is 24.0 Å². The number of guanidine groups is 1. The number of rotatable bonds is 6. The van der Waals surface area contributed by atoms with Crippen LogP contribution in [0.5, 0.6) is 5.75 Å². The third-order valence-corrected chi connectivity index (χ3v) is 5.16. The van der Waals surface area contributed by atoms with Crippen LogP contribution in [0, 0.1) is 6.92 Å². The molecule has 3 aromatic rings. The van der Waals surface area contributed by atoms with Crippen LogP contribution in [0.4, 0.5) is 0 Å². The Balaban J connectivity index is 0.00000256. The van der Waals surface area contributed by atoms with Gasteiger partial charge in [-0.1, -0.05) is 42.5 Å². The predicted molar refractivity (Wildman–Crippen MR) is 131 cm³/mol. The lowest BCUT2D eigenvalue weighted by atomic mass is 10.1. The number of nitrogens with zero attached hydrogens (tertiary/aromatic N) is 3. The van der Waals surface area contributed by atoms with Gasteiger partial charge in [-0.2, -0.15) is 0 Å². The first kappa shape index (κ1) is 22.1. The number of aliphatic imine (C=N–C) groups is 1. The smallest absolute Gasteiger partial charge is 0.191 e. The van der Waals surface area contributed by atoms with E-state index in [4.69, 9.17) is 4.74 Å². The van der Waals surface area contributed by atoms with Gasteiger partial charge in [0.2, 0.25) is 0 Å². The van der Waals surface area contributed by atoms with Crippen molar-refractivity contribution >= 4 is 29.9 Å². The van der Waals surface area contributed by atoms with Gasteiger partial charge in [-0.25, -0.2) is 4.98 Å². The number of nitrogens with one attached hydrogen (secondary N) is 2. The maximum atomic E-state index is 5.99. The molecule has 0 bridgehead atoms. The number of fused-ring (bicyclic) bond motifs is 1. The van der Waals surface area contributed by atoms with Crippen LogP contribution >= 0.6 is 24.0 Å². The summed E-state index contributed by atoms with van der Waals surface area (Å²) in [6.45, 7) is 4.27. The van der Waals surface area contributed by atoms with Crippen molar-refractivity contribution in [1.29, 1.82) is 0 Å². The fourth-order valence-corrected chi connectivity index (χ4v) is 3.59. The highest BCUT2D eigenvalue weighted by atomic mass is 127. The zero-order valence-corrected chi connectivity index (χ0v) is 19.7. The minimum Gasteiger partial charge on any atom is -0.488 e. The maximum Gasteiger partial charge on any atom is 0.191 e. The number of aromatic nitrogens is 2. The van der Waals surface area contributed by atoms with E-state index in [1.165, 1.54) is 16.7 Å². The van der Waals surface area contributed by atoms with Crippen LogP contribution in [0.15, 0.2) is 65.9 Å². The number of hydrogen-bond acceptors (Lipinski definition) is 3. The number of benzene rings is 2. The minimum atomic E-state index is 0. The van der Waals surface area contributed by atoms with Gasteiger partial charge in [0.1, 0.15) is 17.7 Å². The molecule has 1 unspecified atom stereocenters. The normalized spacial score (nSPS) is 15.1. The Bertz CT molecular complexity index is 976. The second-order valence-electron chi connectivity index (χ2n) is 7.28. The Morgan fingerprint density at radius 2 is 2.00 bits per heavy atom. The Kier molecular flexibility index (Phi) is 7.73. The van der Waals surface area contributed by atoms with Gasteiger partial charge < -0.3 is 19.9 Å². The van der Waals surface area contributed by atoms with Crippen LogP contribution < -0.4 is 15.4 Å². The molecule has 0 radical (unpaired) electrons. The van der Waals surface area contributed by atoms with E-state index < -0.39 is 0 Å². The highest BCUT2D eigenvalue weighted by Gasteiger charge is 2.22. The average Bonchev–Trinajstić information content (AvgIpc) is 3.34. The van der Waals surface area contributed by atoms with Crippen LogP contribution in [-0.4, -0.2) is 35.2 Å². The molecule has 4 rings (SSSR count). The van der Waals surface area contributed by atoms with E-state index in [0.717, 1.165) is 30.5 Å². The molecule has 158 valence electrons. The van der Waals surface area contributed by atoms with Crippen LogP contribution in [0.25, 0.3) is 0 Å². The summed E-state index contributed by atoms with van der Waals surface area (Å²) in [5.74, 6) is 2.79. The molecule has 1 aromatic heterocycles. The van der Waals surface area contributed by atoms with E-state index in [-0.39, 0.29) is 30.1 Å². The topological polar surface area (TPSA) is 63.5 Å². The Morgan fingerprint density at radius 1 is 1.17 bits per heavy atom. The number of halogens is 1. The molecule has 0 fully saturated rings. The molecule has 1 aliphatic heterocycles. The molecular formula is C23H28IN5O. The quantitative estimate of drug-likeness (QED) is 0.299. The number of para-hydroxylation sites is 1. The predicted octanol–water partition coefficient (Wildman–Crippen LogP) is 3.53. The van der Waals surface area contributed by atoms with Crippen LogP contribution in [0.2, 0.25) is 0 Å². The summed E-state index contributed by atoms with van der Waals surface area (Å²) in [5.41, 5.74) is 3.74. The first-order valence-electron chi connectivity index (χ1n) is 9.96. The molecule has 0 saturated carbocycles. The van der Waals surface area contributed by atoms with E-state index in [2.05, 4.69) is 61.6 Å². The molecule has 1 aliphatic rings. The maximum absolute atomic E-state index is 5.99. The Labute approximate surface area is 194 Å². The molecule has 0 saturated heterocycles. The number of ether oxygens (including phenoxy) is 1. The van der Waals surface area contributed by atoms with Crippen molar-refractivity contribution in [1.82, 2.24) is 20.2 Å². The Hall–Kier alpha value is -2.55. The third-order valence-electron chi connectivity index (χ3n) is 5.16. The van der Waals surface area contributed by atoms with E-state index in [9.17, 15) is 0 Å². The lowest BCUT2D eigenvalue weighted by Gasteiger charge is -2.16. The van der Waals surface area contributed by atoms with E-state index in [1.54, 1.807) is 7.05 Å². The van der Waals surface area contributed by atoms with Crippen molar-refractivity contribution in [2.75, 3.05) is 13.6 Å². The highest BCUT2D eigenvalue weighted by Crippen LogP contribution is 2.27. The molecule has 2 heterocycles. The van der Waals surface area contributed by atoms with Gasteiger partial charge in [0, 0.05) is 39.0 Å². The fourth-order valence-electron chi connectivity index (χ4n) is 3.59. The SMILES string of the molecule is CN=C(NCc1cccc(Cn2ccnc2C)c1)NCC1Cc2ccccc2O1.I. The van der Waals surface area contributed by atoms with Crippen molar-refractivity contribution in [2.24, 2.45) is 4.99 Å². The standard InChI is InChI=1S/C23H27N5O.HI/c1-17-25-10-11-28(17)16-19-7-5-6-18(12-19)14-26-23(24-2)27-15-21-13-20-8-3-4-9-22(20)29-21;/h3-12,21H,13-16H2,1-2H3,(H2,24,26,27);1H. The second-order valence-corrected chi connectivity index (χ2v) is 7.28. The molecule has 0 spiro atoms. The third kappa shape index (κ3) is 5.53. The molecule has 7 heteroatoms. The zero-order chi connectivity index (χ0) is 20.1. The van der Waals surface area contributed by atoms with Crippen molar-refractivity contribution in [3.8, 4) is 5.75 Å². The number of hydrogen-bond donors (Lipinski definition) is 2. The zero-order valence-electron chi connectivity index (χ0n) is 17.3. The first-order chi connectivity index (χ1) is 14.2. The monoisotopic (exact) mass is 517 g/mol. The number of aryl methyl sites for hydroxylation is 1. The van der Waals surface area contributed by atoms with Gasteiger partial charge in [-0.3, -0.25) is 4.99 Å². The van der Waals surface area contributed by atoms with Crippen LogP contribution in [0.1, 0.15) is 22.5 Å². The van der Waals surface area contributed by atoms with Gasteiger partial charge >= 0.3 is 0 Å². The van der Waals surface area contributed by atoms with Crippen LogP contribution in [-0.2, 0) is 19.5 Å². The summed E-state index contributed by atoms with van der Waals surface area (Å²) in [6, 6.07) is 16.8.